The highest BCUT2D eigenvalue weighted by Gasteiger charge is 2.33. The third-order valence-corrected chi connectivity index (χ3v) is 3.96. The number of nitrogen functional groups attached to an aromatic ring is 1. The maximum Gasteiger partial charge on any atom is 0.194 e. The van der Waals surface area contributed by atoms with Crippen molar-refractivity contribution in [1.82, 2.24) is 14.8 Å². The number of nitrogens with zero attached hydrogens (tertiary/aromatic N) is 2. The van der Waals surface area contributed by atoms with Crippen LogP contribution in [0.5, 0.6) is 0 Å². The highest BCUT2D eigenvalue weighted by molar-refractivity contribution is 7.71. The SMILES string of the molecule is Cn1c(C(c2cccc(N)c2)C2COC2)n[nH]c1=S. The fourth-order valence-corrected chi connectivity index (χ4v) is 2.61. The number of hydrogen-bond donors (Lipinski definition) is 2. The Morgan fingerprint density at radius 2 is 2.32 bits per heavy atom. The molecule has 0 aliphatic carbocycles. The van der Waals surface area contributed by atoms with E-state index in [1.807, 2.05) is 29.8 Å². The molecule has 3 N–H and O–H groups in total. The number of rotatable bonds is 3. The molecule has 1 aliphatic rings. The van der Waals surface area contributed by atoms with Gasteiger partial charge in [0.25, 0.3) is 0 Å². The molecular weight excluding hydrogens is 260 g/mol. The number of hydrogen-bond acceptors (Lipinski definition) is 4. The minimum Gasteiger partial charge on any atom is -0.399 e. The topological polar surface area (TPSA) is 68.9 Å². The Morgan fingerprint density at radius 3 is 2.84 bits per heavy atom. The van der Waals surface area contributed by atoms with Crippen LogP contribution in [0.2, 0.25) is 0 Å². The summed E-state index contributed by atoms with van der Waals surface area (Å²) in [7, 11) is 1.93. The van der Waals surface area contributed by atoms with Gasteiger partial charge in [-0.2, -0.15) is 5.10 Å². The molecule has 1 aliphatic heterocycles. The third kappa shape index (κ3) is 2.17. The zero-order chi connectivity index (χ0) is 13.4. The van der Waals surface area contributed by atoms with E-state index in [0.29, 0.717) is 10.7 Å². The molecule has 1 saturated heterocycles. The first-order valence-electron chi connectivity index (χ1n) is 6.21. The lowest BCUT2D eigenvalue weighted by Gasteiger charge is -2.33. The molecule has 0 spiro atoms. The number of nitrogens with two attached hydrogens (primary N) is 1. The molecule has 19 heavy (non-hydrogen) atoms. The zero-order valence-electron chi connectivity index (χ0n) is 10.7. The molecule has 100 valence electrons. The molecule has 0 saturated carbocycles. The van der Waals surface area contributed by atoms with Gasteiger partial charge in [0.05, 0.1) is 19.1 Å². The van der Waals surface area contributed by atoms with Gasteiger partial charge in [-0.05, 0) is 29.9 Å². The highest BCUT2D eigenvalue weighted by Crippen LogP contribution is 2.35. The Labute approximate surface area is 116 Å². The van der Waals surface area contributed by atoms with E-state index in [2.05, 4.69) is 16.3 Å². The summed E-state index contributed by atoms with van der Waals surface area (Å²) >= 11 is 5.20. The molecule has 1 atom stereocenters. The summed E-state index contributed by atoms with van der Waals surface area (Å²) in [6, 6.07) is 7.94. The van der Waals surface area contributed by atoms with Gasteiger partial charge in [-0.25, -0.2) is 0 Å². The quantitative estimate of drug-likeness (QED) is 0.663. The fourth-order valence-electron chi connectivity index (χ4n) is 2.47. The number of H-pyrrole nitrogens is 1. The smallest absolute Gasteiger partial charge is 0.194 e. The lowest BCUT2D eigenvalue weighted by Crippen LogP contribution is -2.35. The van der Waals surface area contributed by atoms with Gasteiger partial charge >= 0.3 is 0 Å². The molecule has 0 amide bonds. The first-order chi connectivity index (χ1) is 9.16. The summed E-state index contributed by atoms with van der Waals surface area (Å²) in [4.78, 5) is 0. The zero-order valence-corrected chi connectivity index (χ0v) is 11.5. The number of ether oxygens (including phenoxy) is 1. The monoisotopic (exact) mass is 276 g/mol. The molecule has 2 aromatic rings. The van der Waals surface area contributed by atoms with Crippen molar-refractivity contribution in [2.45, 2.75) is 5.92 Å². The molecule has 2 heterocycles. The van der Waals surface area contributed by atoms with Gasteiger partial charge < -0.3 is 15.0 Å². The Hall–Kier alpha value is -1.66. The maximum absolute atomic E-state index is 5.89. The number of anilines is 1. The van der Waals surface area contributed by atoms with Gasteiger partial charge in [0.1, 0.15) is 5.82 Å². The first-order valence-corrected chi connectivity index (χ1v) is 6.62. The number of aromatic amines is 1. The summed E-state index contributed by atoms with van der Waals surface area (Å²) in [5, 5.41) is 7.22. The number of nitrogens with one attached hydrogen (secondary N) is 1. The molecule has 1 aromatic heterocycles. The van der Waals surface area contributed by atoms with Crippen LogP contribution in [0.3, 0.4) is 0 Å². The molecule has 1 unspecified atom stereocenters. The molecule has 5 nitrogen and oxygen atoms in total. The van der Waals surface area contributed by atoms with Gasteiger partial charge in [-0.1, -0.05) is 12.1 Å². The second-order valence-corrected chi connectivity index (χ2v) is 5.28. The first kappa shape index (κ1) is 12.4. The molecule has 1 aromatic carbocycles. The fraction of sp³-hybridized carbons (Fsp3) is 0.385. The molecule has 3 rings (SSSR count). The summed E-state index contributed by atoms with van der Waals surface area (Å²) in [5.74, 6) is 1.52. The molecule has 1 fully saturated rings. The van der Waals surface area contributed by atoms with Crippen molar-refractivity contribution in [2.24, 2.45) is 13.0 Å². The van der Waals surface area contributed by atoms with Crippen LogP contribution in [0.1, 0.15) is 17.3 Å². The maximum atomic E-state index is 5.89. The van der Waals surface area contributed by atoms with E-state index in [9.17, 15) is 0 Å². The van der Waals surface area contributed by atoms with E-state index in [1.54, 1.807) is 0 Å². The average molecular weight is 276 g/mol. The molecular formula is C13H16N4OS. The van der Waals surface area contributed by atoms with Crippen LogP contribution in [-0.4, -0.2) is 28.0 Å². The number of benzene rings is 1. The second-order valence-electron chi connectivity index (χ2n) is 4.89. The van der Waals surface area contributed by atoms with Gasteiger partial charge in [-0.3, -0.25) is 5.10 Å². The lowest BCUT2D eigenvalue weighted by molar-refractivity contribution is -0.0407. The predicted molar refractivity (Wildman–Crippen MR) is 75.4 cm³/mol. The Bertz CT molecular complexity index is 644. The summed E-state index contributed by atoms with van der Waals surface area (Å²) < 4.78 is 7.88. The van der Waals surface area contributed by atoms with Gasteiger partial charge in [-0.15, -0.1) is 0 Å². The van der Waals surface area contributed by atoms with Crippen LogP contribution in [0, 0.1) is 10.7 Å². The van der Waals surface area contributed by atoms with E-state index in [4.69, 9.17) is 22.7 Å². The second kappa shape index (κ2) is 4.79. The Balaban J connectivity index is 2.07. The standard InChI is InChI=1S/C13H16N4OS/c1-17-12(15-16-13(17)19)11(9-6-18-7-9)8-3-2-4-10(14)5-8/h2-5,9,11H,6-7,14H2,1H3,(H,16,19). The van der Waals surface area contributed by atoms with E-state index >= 15 is 0 Å². The van der Waals surface area contributed by atoms with E-state index in [1.165, 1.54) is 0 Å². The van der Waals surface area contributed by atoms with E-state index in [-0.39, 0.29) is 5.92 Å². The lowest BCUT2D eigenvalue weighted by atomic mass is 9.84. The van der Waals surface area contributed by atoms with Crippen molar-refractivity contribution in [3.8, 4) is 0 Å². The van der Waals surface area contributed by atoms with Crippen molar-refractivity contribution in [3.63, 3.8) is 0 Å². The summed E-state index contributed by atoms with van der Waals surface area (Å²) in [6.45, 7) is 1.50. The summed E-state index contributed by atoms with van der Waals surface area (Å²) in [6.07, 6.45) is 0. The van der Waals surface area contributed by atoms with Crippen molar-refractivity contribution in [1.29, 1.82) is 0 Å². The van der Waals surface area contributed by atoms with Crippen LogP contribution in [-0.2, 0) is 11.8 Å². The van der Waals surface area contributed by atoms with Crippen LogP contribution in [0.4, 0.5) is 5.69 Å². The van der Waals surface area contributed by atoms with Crippen LogP contribution >= 0.6 is 12.2 Å². The average Bonchev–Trinajstić information content (AvgIpc) is 2.65. The largest absolute Gasteiger partial charge is 0.399 e. The van der Waals surface area contributed by atoms with Crippen LogP contribution in [0.15, 0.2) is 24.3 Å². The van der Waals surface area contributed by atoms with E-state index < -0.39 is 0 Å². The van der Waals surface area contributed by atoms with Crippen molar-refractivity contribution in [2.75, 3.05) is 18.9 Å². The minimum atomic E-state index is 0.162. The van der Waals surface area contributed by atoms with Crippen LogP contribution < -0.4 is 5.73 Å². The molecule has 0 bridgehead atoms. The Morgan fingerprint density at radius 1 is 1.53 bits per heavy atom. The van der Waals surface area contributed by atoms with Gasteiger partial charge in [0, 0.05) is 18.7 Å². The predicted octanol–water partition coefficient (Wildman–Crippen LogP) is 1.84. The van der Waals surface area contributed by atoms with Crippen molar-refractivity contribution < 1.29 is 4.74 Å². The van der Waals surface area contributed by atoms with Crippen molar-refractivity contribution >= 4 is 17.9 Å². The minimum absolute atomic E-state index is 0.162. The number of aromatic nitrogens is 3. The summed E-state index contributed by atoms with van der Waals surface area (Å²) in [5.41, 5.74) is 7.81. The van der Waals surface area contributed by atoms with Crippen molar-refractivity contribution in [3.05, 3.63) is 40.4 Å². The Kier molecular flexibility index (Phi) is 3.12. The van der Waals surface area contributed by atoms with Crippen LogP contribution in [0.25, 0.3) is 0 Å². The third-order valence-electron chi connectivity index (χ3n) is 3.60. The normalized spacial score (nSPS) is 17.1. The highest BCUT2D eigenvalue weighted by atomic mass is 32.1. The van der Waals surface area contributed by atoms with E-state index in [0.717, 1.165) is 30.3 Å². The van der Waals surface area contributed by atoms with Gasteiger partial charge in [0.2, 0.25) is 0 Å². The molecule has 6 heteroatoms. The molecule has 0 radical (unpaired) electrons. The van der Waals surface area contributed by atoms with Gasteiger partial charge in [0.15, 0.2) is 4.77 Å².